The van der Waals surface area contributed by atoms with Crippen LogP contribution in [0.2, 0.25) is 5.02 Å². The van der Waals surface area contributed by atoms with E-state index in [9.17, 15) is 4.79 Å². The van der Waals surface area contributed by atoms with E-state index in [0.717, 1.165) is 62.9 Å². The molecule has 0 aliphatic carbocycles. The van der Waals surface area contributed by atoms with Crippen molar-refractivity contribution in [1.82, 2.24) is 10.2 Å². The highest BCUT2D eigenvalue weighted by atomic mass is 35.5. The maximum absolute atomic E-state index is 15.1. The van der Waals surface area contributed by atoms with Gasteiger partial charge in [-0.05, 0) is 125 Å². The van der Waals surface area contributed by atoms with Gasteiger partial charge in [-0.1, -0.05) is 50.6 Å². The molecule has 2 aromatic carbocycles. The van der Waals surface area contributed by atoms with Gasteiger partial charge in [-0.2, -0.15) is 12.6 Å². The molecule has 0 bridgehead atoms. The third-order valence-electron chi connectivity index (χ3n) is 9.38. The summed E-state index contributed by atoms with van der Waals surface area (Å²) in [5, 5.41) is 7.41. The third-order valence-corrected chi connectivity index (χ3v) is 9.95. The fraction of sp³-hybridized carbons (Fsp3) is 0.639. The van der Waals surface area contributed by atoms with Crippen LogP contribution in [0.4, 0.5) is 10.1 Å². The summed E-state index contributed by atoms with van der Waals surface area (Å²) in [4.78, 5) is 16.0. The zero-order valence-electron chi connectivity index (χ0n) is 27.5. The molecular formula is C36H55ClFN3O2S. The Morgan fingerprint density at radius 1 is 1.14 bits per heavy atom. The minimum atomic E-state index is -0.273. The molecule has 5 unspecified atom stereocenters. The van der Waals surface area contributed by atoms with E-state index in [4.69, 9.17) is 16.3 Å². The van der Waals surface area contributed by atoms with Crippen LogP contribution in [0.25, 0.3) is 0 Å². The first kappa shape index (κ1) is 36.8. The molecule has 0 aromatic heterocycles. The fourth-order valence-corrected chi connectivity index (χ4v) is 6.72. The van der Waals surface area contributed by atoms with Crippen LogP contribution in [0, 0.1) is 17.7 Å². The SMILES string of the molecule is CCN(C)C(CCCS)CCNC(C)CCc1c(F)cccc1NC(=O)CC(c1ccc(Cl)cc1)C1CCOC(C(C)C)C1. The predicted octanol–water partition coefficient (Wildman–Crippen LogP) is 8.37. The highest BCUT2D eigenvalue weighted by Gasteiger charge is 2.33. The summed E-state index contributed by atoms with van der Waals surface area (Å²) in [6, 6.07) is 13.6. The summed E-state index contributed by atoms with van der Waals surface area (Å²) in [7, 11) is 2.18. The van der Waals surface area contributed by atoms with Gasteiger partial charge >= 0.3 is 0 Å². The van der Waals surface area contributed by atoms with Crippen molar-refractivity contribution in [3.63, 3.8) is 0 Å². The first-order chi connectivity index (χ1) is 21.1. The molecule has 1 heterocycles. The Morgan fingerprint density at radius 2 is 1.89 bits per heavy atom. The van der Waals surface area contributed by atoms with Gasteiger partial charge in [0.2, 0.25) is 5.91 Å². The second-order valence-electron chi connectivity index (χ2n) is 12.9. The zero-order valence-corrected chi connectivity index (χ0v) is 29.1. The number of rotatable bonds is 18. The second-order valence-corrected chi connectivity index (χ2v) is 13.8. The predicted molar refractivity (Wildman–Crippen MR) is 187 cm³/mol. The van der Waals surface area contributed by atoms with Crippen molar-refractivity contribution in [1.29, 1.82) is 0 Å². The molecule has 8 heteroatoms. The van der Waals surface area contributed by atoms with Crippen LogP contribution in [0.15, 0.2) is 42.5 Å². The van der Waals surface area contributed by atoms with Gasteiger partial charge in [-0.3, -0.25) is 4.79 Å². The fourth-order valence-electron chi connectivity index (χ4n) is 6.41. The Labute approximate surface area is 276 Å². The van der Waals surface area contributed by atoms with Gasteiger partial charge in [-0.15, -0.1) is 0 Å². The second kappa shape index (κ2) is 19.1. The number of nitrogens with zero attached hydrogens (tertiary/aromatic N) is 1. The molecule has 2 N–H and O–H groups in total. The minimum Gasteiger partial charge on any atom is -0.378 e. The molecule has 44 heavy (non-hydrogen) atoms. The summed E-state index contributed by atoms with van der Waals surface area (Å²) < 4.78 is 21.2. The molecule has 5 nitrogen and oxygen atoms in total. The van der Waals surface area contributed by atoms with Crippen molar-refractivity contribution in [2.24, 2.45) is 11.8 Å². The lowest BCUT2D eigenvalue weighted by molar-refractivity contribution is -0.117. The van der Waals surface area contributed by atoms with E-state index in [1.807, 2.05) is 30.3 Å². The number of halogens is 2. The van der Waals surface area contributed by atoms with E-state index >= 15 is 4.39 Å². The maximum atomic E-state index is 15.1. The Balaban J connectivity index is 1.63. The maximum Gasteiger partial charge on any atom is 0.225 e. The number of anilines is 1. The molecular weight excluding hydrogens is 593 g/mol. The Morgan fingerprint density at radius 3 is 2.57 bits per heavy atom. The van der Waals surface area contributed by atoms with Gasteiger partial charge < -0.3 is 20.3 Å². The summed E-state index contributed by atoms with van der Waals surface area (Å²) in [6.45, 7) is 11.4. The molecule has 0 radical (unpaired) electrons. The largest absolute Gasteiger partial charge is 0.378 e. The number of ether oxygens (including phenoxy) is 1. The number of carbonyl (C=O) groups excluding carboxylic acids is 1. The number of hydrogen-bond donors (Lipinski definition) is 3. The molecule has 3 rings (SSSR count). The van der Waals surface area contributed by atoms with Crippen molar-refractivity contribution in [2.45, 2.75) is 103 Å². The summed E-state index contributed by atoms with van der Waals surface area (Å²) >= 11 is 10.6. The summed E-state index contributed by atoms with van der Waals surface area (Å²) in [5.41, 5.74) is 2.25. The average Bonchev–Trinajstić information content (AvgIpc) is 3.01. The number of hydrogen-bond acceptors (Lipinski definition) is 5. The molecule has 1 fully saturated rings. The van der Waals surface area contributed by atoms with Gasteiger partial charge in [0, 0.05) is 41.4 Å². The van der Waals surface area contributed by atoms with Crippen LogP contribution < -0.4 is 10.6 Å². The first-order valence-corrected chi connectivity index (χ1v) is 17.6. The molecule has 246 valence electrons. The van der Waals surface area contributed by atoms with Gasteiger partial charge in [-0.25, -0.2) is 4.39 Å². The Hall–Kier alpha value is -1.64. The molecule has 1 aliphatic rings. The van der Waals surface area contributed by atoms with Crippen LogP contribution >= 0.6 is 24.2 Å². The van der Waals surface area contributed by atoms with Crippen molar-refractivity contribution in [3.8, 4) is 0 Å². The van der Waals surface area contributed by atoms with Gasteiger partial charge in [0.05, 0.1) is 6.10 Å². The van der Waals surface area contributed by atoms with Crippen LogP contribution in [-0.2, 0) is 16.0 Å². The number of benzene rings is 2. The minimum absolute atomic E-state index is 0.0296. The molecule has 5 atom stereocenters. The lowest BCUT2D eigenvalue weighted by Gasteiger charge is -2.36. The van der Waals surface area contributed by atoms with E-state index in [-0.39, 0.29) is 29.8 Å². The molecule has 0 saturated carbocycles. The first-order valence-electron chi connectivity index (χ1n) is 16.6. The number of thiol groups is 1. The van der Waals surface area contributed by atoms with Gasteiger partial charge in [0.25, 0.3) is 0 Å². The highest BCUT2D eigenvalue weighted by molar-refractivity contribution is 7.80. The molecule has 1 saturated heterocycles. The van der Waals surface area contributed by atoms with E-state index in [1.54, 1.807) is 6.07 Å². The third kappa shape index (κ3) is 11.6. The smallest absolute Gasteiger partial charge is 0.225 e. The lowest BCUT2D eigenvalue weighted by atomic mass is 9.76. The van der Waals surface area contributed by atoms with Crippen LogP contribution in [-0.4, -0.2) is 61.5 Å². The molecule has 1 amide bonds. The van der Waals surface area contributed by atoms with E-state index < -0.39 is 0 Å². The van der Waals surface area contributed by atoms with Crippen LogP contribution in [0.3, 0.4) is 0 Å². The number of carbonyl (C=O) groups is 1. The highest BCUT2D eigenvalue weighted by Crippen LogP contribution is 2.39. The van der Waals surface area contributed by atoms with Crippen LogP contribution in [0.1, 0.15) is 89.7 Å². The van der Waals surface area contributed by atoms with Crippen molar-refractivity contribution < 1.29 is 13.9 Å². The average molecular weight is 648 g/mol. The monoisotopic (exact) mass is 647 g/mol. The van der Waals surface area contributed by atoms with Crippen molar-refractivity contribution in [3.05, 3.63) is 64.4 Å². The normalized spacial score (nSPS) is 19.2. The summed E-state index contributed by atoms with van der Waals surface area (Å²) in [6.07, 6.45) is 6.99. The number of nitrogens with one attached hydrogen (secondary N) is 2. The quantitative estimate of drug-likeness (QED) is 0.142. The molecule has 1 aliphatic heterocycles. The van der Waals surface area contributed by atoms with Crippen molar-refractivity contribution >= 4 is 35.8 Å². The Kier molecular flexibility index (Phi) is 16.0. The summed E-state index contributed by atoms with van der Waals surface area (Å²) in [5.74, 6) is 1.31. The molecule has 2 aromatic rings. The topological polar surface area (TPSA) is 53.6 Å². The number of amides is 1. The van der Waals surface area contributed by atoms with Crippen molar-refractivity contribution in [2.75, 3.05) is 37.8 Å². The van der Waals surface area contributed by atoms with E-state index in [1.165, 1.54) is 6.07 Å². The Bertz CT molecular complexity index is 1130. The van der Waals surface area contributed by atoms with Crippen LogP contribution in [0.5, 0.6) is 0 Å². The van der Waals surface area contributed by atoms with Gasteiger partial charge in [0.1, 0.15) is 5.82 Å². The van der Waals surface area contributed by atoms with E-state index in [2.05, 4.69) is 62.9 Å². The lowest BCUT2D eigenvalue weighted by Crippen LogP contribution is -2.36. The molecule has 0 spiro atoms. The zero-order chi connectivity index (χ0) is 32.1. The standard InChI is InChI=1S/C36H55ClFN3O2S/c1-6-41(5)30(9-8-22-44)18-20-39-26(4)12-17-31-33(38)10-7-11-34(31)40-36(42)24-32(27-13-15-29(37)16-14-27)28-19-21-43-35(23-28)25(2)3/h7,10-11,13-16,25-26,28,30,32,35,39,44H,6,8-9,12,17-24H2,1-5H3,(H,40,42). The van der Waals surface area contributed by atoms with E-state index in [0.29, 0.717) is 53.6 Å². The van der Waals surface area contributed by atoms with Gasteiger partial charge in [0.15, 0.2) is 0 Å².